The van der Waals surface area contributed by atoms with Crippen molar-refractivity contribution in [2.75, 3.05) is 12.3 Å². The van der Waals surface area contributed by atoms with Crippen molar-refractivity contribution in [3.05, 3.63) is 42.2 Å². The Morgan fingerprint density at radius 1 is 1.21 bits per heavy atom. The van der Waals surface area contributed by atoms with Gasteiger partial charge in [-0.2, -0.15) is 16.9 Å². The van der Waals surface area contributed by atoms with E-state index in [2.05, 4.69) is 5.10 Å². The maximum atomic E-state index is 13.0. The van der Waals surface area contributed by atoms with Crippen LogP contribution in [0.2, 0.25) is 0 Å². The molecule has 2 aromatic rings. The molecule has 1 aromatic carbocycles. The first-order valence-corrected chi connectivity index (χ1v) is 9.55. The van der Waals surface area contributed by atoms with E-state index in [0.717, 1.165) is 24.4 Å². The lowest BCUT2D eigenvalue weighted by Gasteiger charge is -2.43. The summed E-state index contributed by atoms with van der Waals surface area (Å²) in [5, 5.41) is 15.2. The van der Waals surface area contributed by atoms with Crippen molar-refractivity contribution in [1.29, 1.82) is 0 Å². The van der Waals surface area contributed by atoms with Crippen LogP contribution in [0.4, 0.5) is 0 Å². The second kappa shape index (κ2) is 6.51. The quantitative estimate of drug-likeness (QED) is 0.910. The van der Waals surface area contributed by atoms with Gasteiger partial charge in [-0.1, -0.05) is 31.0 Å². The van der Waals surface area contributed by atoms with Gasteiger partial charge in [0.1, 0.15) is 0 Å². The molecule has 1 amide bonds. The van der Waals surface area contributed by atoms with Crippen molar-refractivity contribution in [2.24, 2.45) is 0 Å². The number of benzene rings is 1. The highest BCUT2D eigenvalue weighted by Gasteiger charge is 2.38. The minimum atomic E-state index is -0.139. The van der Waals surface area contributed by atoms with Crippen LogP contribution in [0.3, 0.4) is 0 Å². The number of carbonyl (C=O) groups is 1. The molecule has 0 bridgehead atoms. The van der Waals surface area contributed by atoms with Gasteiger partial charge in [0.2, 0.25) is 0 Å². The van der Waals surface area contributed by atoms with E-state index in [9.17, 15) is 9.90 Å². The van der Waals surface area contributed by atoms with Crippen molar-refractivity contribution < 1.29 is 9.90 Å². The predicted molar refractivity (Wildman–Crippen MR) is 94.8 cm³/mol. The number of amides is 1. The van der Waals surface area contributed by atoms with Crippen LogP contribution in [0, 0.1) is 0 Å². The summed E-state index contributed by atoms with van der Waals surface area (Å²) in [6.07, 6.45) is 6.19. The van der Waals surface area contributed by atoms with Crippen molar-refractivity contribution in [3.63, 3.8) is 0 Å². The van der Waals surface area contributed by atoms with E-state index in [-0.39, 0.29) is 23.4 Å². The van der Waals surface area contributed by atoms with Gasteiger partial charge in [0.25, 0.3) is 5.91 Å². The van der Waals surface area contributed by atoms with E-state index in [1.807, 2.05) is 47.0 Å². The number of aromatic nitrogens is 2. The second-order valence-electron chi connectivity index (χ2n) is 6.40. The van der Waals surface area contributed by atoms with E-state index in [4.69, 9.17) is 0 Å². The molecule has 1 aliphatic carbocycles. The molecule has 2 unspecified atom stereocenters. The number of aromatic hydroxyl groups is 1. The van der Waals surface area contributed by atoms with Gasteiger partial charge in [-0.05, 0) is 25.0 Å². The highest BCUT2D eigenvalue weighted by molar-refractivity contribution is 8.00. The Hall–Kier alpha value is -1.95. The molecule has 2 heterocycles. The summed E-state index contributed by atoms with van der Waals surface area (Å²) >= 11 is 1.99. The molecule has 1 aromatic heterocycles. The Morgan fingerprint density at radius 3 is 2.83 bits per heavy atom. The van der Waals surface area contributed by atoms with Crippen LogP contribution in [0.15, 0.2) is 36.5 Å². The van der Waals surface area contributed by atoms with E-state index >= 15 is 0 Å². The molecule has 2 atom stereocenters. The van der Waals surface area contributed by atoms with Crippen molar-refractivity contribution in [2.45, 2.75) is 37.0 Å². The van der Waals surface area contributed by atoms with E-state index in [1.165, 1.54) is 25.5 Å². The van der Waals surface area contributed by atoms with Gasteiger partial charge in [0, 0.05) is 23.6 Å². The minimum Gasteiger partial charge on any atom is -0.504 e. The van der Waals surface area contributed by atoms with Gasteiger partial charge in [-0.3, -0.25) is 4.79 Å². The SMILES string of the molecule is O=C(c1nn(-c2ccccc2)cc1O)N1CCSC2CCCCC21. The van der Waals surface area contributed by atoms with Crippen LogP contribution in [0.1, 0.15) is 36.2 Å². The lowest BCUT2D eigenvalue weighted by Crippen LogP contribution is -2.51. The second-order valence-corrected chi connectivity index (χ2v) is 7.75. The maximum absolute atomic E-state index is 13.0. The number of hydrogen-bond acceptors (Lipinski definition) is 4. The summed E-state index contributed by atoms with van der Waals surface area (Å²) in [6.45, 7) is 0.738. The molecule has 0 radical (unpaired) electrons. The zero-order chi connectivity index (χ0) is 16.5. The number of para-hydroxylation sites is 1. The third kappa shape index (κ3) is 2.79. The first-order valence-electron chi connectivity index (χ1n) is 8.50. The molecule has 1 saturated heterocycles. The van der Waals surface area contributed by atoms with Crippen LogP contribution >= 0.6 is 11.8 Å². The lowest BCUT2D eigenvalue weighted by molar-refractivity contribution is 0.0637. The highest BCUT2D eigenvalue weighted by Crippen LogP contribution is 2.36. The van der Waals surface area contributed by atoms with Crippen molar-refractivity contribution in [1.82, 2.24) is 14.7 Å². The fraction of sp³-hybridized carbons (Fsp3) is 0.444. The number of thioether (sulfide) groups is 1. The van der Waals surface area contributed by atoms with Gasteiger partial charge in [0.05, 0.1) is 11.9 Å². The molecule has 6 heteroatoms. The molecule has 126 valence electrons. The summed E-state index contributed by atoms with van der Waals surface area (Å²) in [4.78, 5) is 14.9. The zero-order valence-electron chi connectivity index (χ0n) is 13.5. The van der Waals surface area contributed by atoms with E-state index < -0.39 is 0 Å². The van der Waals surface area contributed by atoms with Gasteiger partial charge in [-0.15, -0.1) is 0 Å². The van der Waals surface area contributed by atoms with Crippen molar-refractivity contribution in [3.8, 4) is 11.4 Å². The third-order valence-electron chi connectivity index (χ3n) is 4.91. The summed E-state index contributed by atoms with van der Waals surface area (Å²) in [5.41, 5.74) is 0.992. The average molecular weight is 343 g/mol. The normalized spacial score (nSPS) is 23.8. The summed E-state index contributed by atoms with van der Waals surface area (Å²) in [6, 6.07) is 9.82. The number of hydrogen-bond donors (Lipinski definition) is 1. The predicted octanol–water partition coefficient (Wildman–Crippen LogP) is 3.08. The van der Waals surface area contributed by atoms with Crippen LogP contribution < -0.4 is 0 Å². The first-order chi connectivity index (χ1) is 11.7. The minimum absolute atomic E-state index is 0.0468. The van der Waals surface area contributed by atoms with Crippen LogP contribution in [0.5, 0.6) is 5.75 Å². The Bertz CT molecular complexity index is 729. The number of rotatable bonds is 2. The third-order valence-corrected chi connectivity index (χ3v) is 6.31. The largest absolute Gasteiger partial charge is 0.504 e. The smallest absolute Gasteiger partial charge is 0.278 e. The molecular formula is C18H21N3O2S. The molecule has 4 rings (SSSR count). The average Bonchev–Trinajstić information content (AvgIpc) is 3.03. The maximum Gasteiger partial charge on any atom is 0.278 e. The molecular weight excluding hydrogens is 322 g/mol. The number of carbonyl (C=O) groups excluding carboxylic acids is 1. The molecule has 1 saturated carbocycles. The van der Waals surface area contributed by atoms with Gasteiger partial charge in [0.15, 0.2) is 11.4 Å². The van der Waals surface area contributed by atoms with E-state index in [0.29, 0.717) is 5.25 Å². The molecule has 24 heavy (non-hydrogen) atoms. The summed E-state index contributed by atoms with van der Waals surface area (Å²) in [7, 11) is 0. The molecule has 1 aliphatic heterocycles. The molecule has 0 spiro atoms. The van der Waals surface area contributed by atoms with E-state index in [1.54, 1.807) is 4.68 Å². The standard InChI is InChI=1S/C18H21N3O2S/c22-15-12-21(13-6-2-1-3-7-13)19-17(15)18(23)20-10-11-24-16-9-5-4-8-14(16)20/h1-3,6-7,12,14,16,22H,4-5,8-11H2. The Balaban J connectivity index is 1.61. The fourth-order valence-electron chi connectivity index (χ4n) is 3.71. The van der Waals surface area contributed by atoms with Gasteiger partial charge in [-0.25, -0.2) is 4.68 Å². The first kappa shape index (κ1) is 15.6. The molecule has 1 N–H and O–H groups in total. The van der Waals surface area contributed by atoms with Gasteiger partial charge < -0.3 is 10.0 Å². The molecule has 2 fully saturated rings. The highest BCUT2D eigenvalue weighted by atomic mass is 32.2. The van der Waals surface area contributed by atoms with Crippen molar-refractivity contribution >= 4 is 17.7 Å². The summed E-state index contributed by atoms with van der Waals surface area (Å²) in [5.74, 6) is 0.779. The van der Waals surface area contributed by atoms with Crippen LogP contribution in [-0.4, -0.2) is 49.3 Å². The zero-order valence-corrected chi connectivity index (χ0v) is 14.3. The lowest BCUT2D eigenvalue weighted by atomic mass is 9.93. The van der Waals surface area contributed by atoms with Crippen LogP contribution in [-0.2, 0) is 0 Å². The fourth-order valence-corrected chi connectivity index (χ4v) is 5.16. The Labute approximate surface area is 145 Å². The number of fused-ring (bicyclic) bond motifs is 1. The van der Waals surface area contributed by atoms with Gasteiger partial charge >= 0.3 is 0 Å². The Morgan fingerprint density at radius 2 is 2.00 bits per heavy atom. The monoisotopic (exact) mass is 343 g/mol. The molecule has 5 nitrogen and oxygen atoms in total. The number of nitrogens with zero attached hydrogens (tertiary/aromatic N) is 3. The van der Waals surface area contributed by atoms with Crippen LogP contribution in [0.25, 0.3) is 5.69 Å². The summed E-state index contributed by atoms with van der Waals surface area (Å²) < 4.78 is 1.57. The Kier molecular flexibility index (Phi) is 4.22. The molecule has 2 aliphatic rings. The topological polar surface area (TPSA) is 58.4 Å².